The molecule has 0 amide bonds. The summed E-state index contributed by atoms with van der Waals surface area (Å²) in [6, 6.07) is 7.30. The van der Waals surface area contributed by atoms with Gasteiger partial charge in [0.1, 0.15) is 5.69 Å². The smallest absolute Gasteiger partial charge is 0.205 e. The van der Waals surface area contributed by atoms with Gasteiger partial charge in [-0.3, -0.25) is 4.98 Å². The van der Waals surface area contributed by atoms with Crippen LogP contribution in [0.4, 0.5) is 5.69 Å². The molecule has 3 rings (SSSR count). The maximum Gasteiger partial charge on any atom is 0.205 e. The first-order chi connectivity index (χ1) is 8.25. The molecule has 3 aromatic heterocycles. The number of nitrogens with zero attached hydrogens (tertiary/aromatic N) is 5. The molecule has 0 radical (unpaired) electrons. The van der Waals surface area contributed by atoms with Gasteiger partial charge in [-0.2, -0.15) is 9.61 Å². The lowest BCUT2D eigenvalue weighted by molar-refractivity contribution is 0.897. The van der Waals surface area contributed by atoms with Crippen molar-refractivity contribution >= 4 is 11.3 Å². The van der Waals surface area contributed by atoms with Gasteiger partial charge >= 0.3 is 0 Å². The molecule has 0 aliphatic heterocycles. The summed E-state index contributed by atoms with van der Waals surface area (Å²) in [5.41, 5.74) is 8.58. The number of nitrogens with two attached hydrogens (primary N) is 1. The summed E-state index contributed by atoms with van der Waals surface area (Å²) >= 11 is 0. The van der Waals surface area contributed by atoms with E-state index in [1.807, 2.05) is 19.1 Å². The van der Waals surface area contributed by atoms with E-state index in [2.05, 4.69) is 20.3 Å². The molecule has 6 heteroatoms. The fourth-order valence-electron chi connectivity index (χ4n) is 1.63. The second kappa shape index (κ2) is 3.51. The first-order valence-corrected chi connectivity index (χ1v) is 5.15. The molecule has 0 bridgehead atoms. The Labute approximate surface area is 97.1 Å². The molecule has 0 unspecified atom stereocenters. The van der Waals surface area contributed by atoms with Crippen molar-refractivity contribution in [2.75, 3.05) is 5.73 Å². The van der Waals surface area contributed by atoms with Gasteiger partial charge in [-0.05, 0) is 31.2 Å². The lowest BCUT2D eigenvalue weighted by Gasteiger charge is -2.01. The van der Waals surface area contributed by atoms with Crippen molar-refractivity contribution in [3.8, 4) is 11.5 Å². The summed E-state index contributed by atoms with van der Waals surface area (Å²) in [4.78, 5) is 4.21. The van der Waals surface area contributed by atoms with E-state index in [-0.39, 0.29) is 0 Å². The van der Waals surface area contributed by atoms with Crippen LogP contribution in [0.25, 0.3) is 17.2 Å². The predicted molar refractivity (Wildman–Crippen MR) is 63.2 cm³/mol. The molecule has 0 atom stereocenters. The van der Waals surface area contributed by atoms with Crippen molar-refractivity contribution in [1.29, 1.82) is 0 Å². The molecule has 0 aliphatic carbocycles. The standard InChI is InChI=1S/C11H10N6/c1-7-4-5-9-14-15-11(17(9)16-7)10-8(12)3-2-6-13-10/h2-6H,12H2,1H3. The van der Waals surface area contributed by atoms with Crippen LogP contribution in [0.5, 0.6) is 0 Å². The summed E-state index contributed by atoms with van der Waals surface area (Å²) in [5.74, 6) is 0.557. The van der Waals surface area contributed by atoms with Gasteiger partial charge in [0.05, 0.1) is 11.4 Å². The van der Waals surface area contributed by atoms with Crippen molar-refractivity contribution in [1.82, 2.24) is 24.8 Å². The van der Waals surface area contributed by atoms with E-state index < -0.39 is 0 Å². The monoisotopic (exact) mass is 226 g/mol. The lowest BCUT2D eigenvalue weighted by atomic mass is 10.3. The highest BCUT2D eigenvalue weighted by Gasteiger charge is 2.12. The number of anilines is 1. The summed E-state index contributed by atoms with van der Waals surface area (Å²) in [7, 11) is 0. The van der Waals surface area contributed by atoms with E-state index in [4.69, 9.17) is 5.73 Å². The Morgan fingerprint density at radius 1 is 1.18 bits per heavy atom. The maximum atomic E-state index is 5.87. The third-order valence-corrected chi connectivity index (χ3v) is 2.45. The van der Waals surface area contributed by atoms with E-state index in [1.165, 1.54) is 0 Å². The summed E-state index contributed by atoms with van der Waals surface area (Å²) in [6.45, 7) is 1.91. The highest BCUT2D eigenvalue weighted by Crippen LogP contribution is 2.20. The molecule has 17 heavy (non-hydrogen) atoms. The number of aryl methyl sites for hydroxylation is 1. The van der Waals surface area contributed by atoms with Gasteiger partial charge in [-0.25, -0.2) is 0 Å². The Kier molecular flexibility index (Phi) is 2.01. The summed E-state index contributed by atoms with van der Waals surface area (Å²) < 4.78 is 1.65. The Morgan fingerprint density at radius 2 is 2.06 bits per heavy atom. The molecule has 0 fully saturated rings. The van der Waals surface area contributed by atoms with Crippen LogP contribution < -0.4 is 5.73 Å². The fraction of sp³-hybridized carbons (Fsp3) is 0.0909. The molecule has 0 saturated heterocycles. The molecule has 0 aromatic carbocycles. The molecule has 0 saturated carbocycles. The number of aromatic nitrogens is 5. The van der Waals surface area contributed by atoms with Crippen LogP contribution in [0.2, 0.25) is 0 Å². The zero-order valence-electron chi connectivity index (χ0n) is 9.20. The van der Waals surface area contributed by atoms with Crippen LogP contribution in [0.15, 0.2) is 30.5 Å². The number of hydrogen-bond donors (Lipinski definition) is 1. The average molecular weight is 226 g/mol. The number of nitrogen functional groups attached to an aromatic ring is 1. The largest absolute Gasteiger partial charge is 0.397 e. The Bertz CT molecular complexity index is 687. The van der Waals surface area contributed by atoms with Gasteiger partial charge in [0.25, 0.3) is 0 Å². The van der Waals surface area contributed by atoms with Gasteiger partial charge in [-0.15, -0.1) is 10.2 Å². The quantitative estimate of drug-likeness (QED) is 0.671. The number of rotatable bonds is 1. The zero-order chi connectivity index (χ0) is 11.8. The molecule has 6 nitrogen and oxygen atoms in total. The van der Waals surface area contributed by atoms with E-state index >= 15 is 0 Å². The van der Waals surface area contributed by atoms with E-state index in [9.17, 15) is 0 Å². The average Bonchev–Trinajstić information content (AvgIpc) is 2.72. The van der Waals surface area contributed by atoms with E-state index in [1.54, 1.807) is 22.8 Å². The van der Waals surface area contributed by atoms with Gasteiger partial charge < -0.3 is 5.73 Å². The predicted octanol–water partition coefficient (Wildman–Crippen LogP) is 1.08. The SMILES string of the molecule is Cc1ccc2nnc(-c3ncccc3N)n2n1. The first kappa shape index (κ1) is 9.71. The number of pyridine rings is 1. The van der Waals surface area contributed by atoms with Gasteiger partial charge in [0, 0.05) is 6.20 Å². The minimum Gasteiger partial charge on any atom is -0.397 e. The third kappa shape index (κ3) is 1.50. The minimum atomic E-state index is 0.557. The Balaban J connectivity index is 2.31. The number of fused-ring (bicyclic) bond motifs is 1. The molecular weight excluding hydrogens is 216 g/mol. The summed E-state index contributed by atoms with van der Waals surface area (Å²) in [5, 5.41) is 12.5. The van der Waals surface area contributed by atoms with Crippen molar-refractivity contribution in [2.24, 2.45) is 0 Å². The normalized spacial score (nSPS) is 10.9. The molecule has 0 spiro atoms. The molecule has 0 aliphatic rings. The van der Waals surface area contributed by atoms with Crippen molar-refractivity contribution in [3.63, 3.8) is 0 Å². The molecular formula is C11H10N6. The molecule has 3 heterocycles. The van der Waals surface area contributed by atoms with E-state index in [0.717, 1.165) is 5.69 Å². The summed E-state index contributed by atoms with van der Waals surface area (Å²) in [6.07, 6.45) is 1.67. The molecule has 2 N–H and O–H groups in total. The topological polar surface area (TPSA) is 82.0 Å². The second-order valence-corrected chi connectivity index (χ2v) is 3.71. The van der Waals surface area contributed by atoms with Gasteiger partial charge in [-0.1, -0.05) is 0 Å². The molecule has 3 aromatic rings. The van der Waals surface area contributed by atoms with Crippen LogP contribution >= 0.6 is 0 Å². The van der Waals surface area contributed by atoms with Crippen LogP contribution in [-0.4, -0.2) is 24.8 Å². The lowest BCUT2D eigenvalue weighted by Crippen LogP contribution is -2.00. The van der Waals surface area contributed by atoms with Crippen molar-refractivity contribution in [3.05, 3.63) is 36.2 Å². The second-order valence-electron chi connectivity index (χ2n) is 3.71. The van der Waals surface area contributed by atoms with Crippen molar-refractivity contribution < 1.29 is 0 Å². The zero-order valence-corrected chi connectivity index (χ0v) is 9.20. The van der Waals surface area contributed by atoms with Crippen LogP contribution in [0, 0.1) is 6.92 Å². The van der Waals surface area contributed by atoms with Gasteiger partial charge in [0.2, 0.25) is 5.82 Å². The third-order valence-electron chi connectivity index (χ3n) is 2.45. The number of hydrogen-bond acceptors (Lipinski definition) is 5. The fourth-order valence-corrected chi connectivity index (χ4v) is 1.63. The maximum absolute atomic E-state index is 5.87. The Morgan fingerprint density at radius 3 is 2.88 bits per heavy atom. The highest BCUT2D eigenvalue weighted by molar-refractivity contribution is 5.68. The van der Waals surface area contributed by atoms with Crippen LogP contribution in [0.3, 0.4) is 0 Å². The minimum absolute atomic E-state index is 0.557. The van der Waals surface area contributed by atoms with Gasteiger partial charge in [0.15, 0.2) is 5.65 Å². The highest BCUT2D eigenvalue weighted by atomic mass is 15.4. The van der Waals surface area contributed by atoms with Crippen molar-refractivity contribution in [2.45, 2.75) is 6.92 Å². The Hall–Kier alpha value is -2.50. The van der Waals surface area contributed by atoms with E-state index in [0.29, 0.717) is 22.9 Å². The first-order valence-electron chi connectivity index (χ1n) is 5.15. The van der Waals surface area contributed by atoms with Crippen LogP contribution in [-0.2, 0) is 0 Å². The molecule has 84 valence electrons. The van der Waals surface area contributed by atoms with Crippen LogP contribution in [0.1, 0.15) is 5.69 Å².